The van der Waals surface area contributed by atoms with Crippen LogP contribution in [0.1, 0.15) is 19.4 Å². The van der Waals surface area contributed by atoms with Gasteiger partial charge in [-0.1, -0.05) is 24.3 Å². The van der Waals surface area contributed by atoms with Crippen LogP contribution in [0.4, 0.5) is 15.8 Å². The van der Waals surface area contributed by atoms with Gasteiger partial charge in [0.05, 0.1) is 44.3 Å². The predicted octanol–water partition coefficient (Wildman–Crippen LogP) is 4.09. The summed E-state index contributed by atoms with van der Waals surface area (Å²) in [5.41, 5.74) is 1.98. The van der Waals surface area contributed by atoms with E-state index >= 15 is 0 Å². The number of halogens is 1. The Morgan fingerprint density at radius 2 is 1.88 bits per heavy atom. The van der Waals surface area contributed by atoms with Gasteiger partial charge in [-0.15, -0.1) is 6.58 Å². The Morgan fingerprint density at radius 1 is 1.18 bits per heavy atom. The first kappa shape index (κ1) is 25.5. The van der Waals surface area contributed by atoms with Crippen molar-refractivity contribution in [1.82, 2.24) is 4.90 Å². The molecule has 2 aromatic rings. The van der Waals surface area contributed by atoms with Crippen LogP contribution >= 0.6 is 0 Å². The predicted molar refractivity (Wildman–Crippen MR) is 132 cm³/mol. The first-order valence-electron chi connectivity index (χ1n) is 11.7. The van der Waals surface area contributed by atoms with Crippen LogP contribution in [-0.4, -0.2) is 63.4 Å². The molecule has 0 saturated carbocycles. The maximum atomic E-state index is 14.1. The van der Waals surface area contributed by atoms with E-state index in [2.05, 4.69) is 16.8 Å². The Kier molecular flexibility index (Phi) is 9.73. The first-order chi connectivity index (χ1) is 16.5. The van der Waals surface area contributed by atoms with Crippen molar-refractivity contribution in [3.63, 3.8) is 0 Å². The van der Waals surface area contributed by atoms with E-state index in [0.717, 1.165) is 18.8 Å². The van der Waals surface area contributed by atoms with Crippen molar-refractivity contribution in [1.29, 1.82) is 0 Å². The molecule has 1 aliphatic heterocycles. The number of nitrogens with zero attached hydrogens (tertiary/aromatic N) is 2. The second kappa shape index (κ2) is 13.0. The van der Waals surface area contributed by atoms with Crippen LogP contribution in [-0.2, 0) is 16.1 Å². The van der Waals surface area contributed by atoms with E-state index in [-0.39, 0.29) is 18.3 Å². The maximum Gasteiger partial charge on any atom is 0.238 e. The highest BCUT2D eigenvalue weighted by molar-refractivity contribution is 5.94. The van der Waals surface area contributed by atoms with Crippen molar-refractivity contribution in [2.24, 2.45) is 0 Å². The molecular formula is C26H34FN3O4. The van der Waals surface area contributed by atoms with Crippen molar-refractivity contribution in [3.05, 3.63) is 60.4 Å². The minimum absolute atomic E-state index is 0.0705. The molecule has 1 aliphatic rings. The van der Waals surface area contributed by atoms with Crippen molar-refractivity contribution >= 4 is 17.3 Å². The number of carbonyl (C=O) groups excluding carboxylic acids is 1. The van der Waals surface area contributed by atoms with Crippen LogP contribution in [0.2, 0.25) is 0 Å². The Labute approximate surface area is 201 Å². The van der Waals surface area contributed by atoms with Crippen molar-refractivity contribution in [2.75, 3.05) is 62.8 Å². The molecule has 0 spiro atoms. The summed E-state index contributed by atoms with van der Waals surface area (Å²) in [4.78, 5) is 17.0. The number of morpholine rings is 1. The molecule has 7 nitrogen and oxygen atoms in total. The number of anilines is 2. The Bertz CT molecular complexity index is 963. The number of hydrogen-bond donors (Lipinski definition) is 1. The van der Waals surface area contributed by atoms with E-state index in [1.165, 1.54) is 6.07 Å². The molecule has 1 amide bonds. The summed E-state index contributed by atoms with van der Waals surface area (Å²) in [6, 6.07) is 10.3. The number of amides is 1. The van der Waals surface area contributed by atoms with Gasteiger partial charge in [0.1, 0.15) is 17.3 Å². The zero-order valence-corrected chi connectivity index (χ0v) is 20.0. The number of hydrogen-bond acceptors (Lipinski definition) is 6. The quantitative estimate of drug-likeness (QED) is 0.471. The average Bonchev–Trinajstić information content (AvgIpc) is 2.83. The highest BCUT2D eigenvalue weighted by atomic mass is 19.1. The molecule has 0 aromatic heterocycles. The normalized spacial score (nSPS) is 13.6. The van der Waals surface area contributed by atoms with E-state index in [0.29, 0.717) is 62.3 Å². The minimum Gasteiger partial charge on any atom is -0.492 e. The zero-order valence-electron chi connectivity index (χ0n) is 20.0. The second-order valence-corrected chi connectivity index (χ2v) is 7.88. The van der Waals surface area contributed by atoms with Crippen molar-refractivity contribution in [3.8, 4) is 11.5 Å². The third-order valence-corrected chi connectivity index (χ3v) is 5.39. The molecular weight excluding hydrogens is 437 g/mol. The Balaban J connectivity index is 1.79. The van der Waals surface area contributed by atoms with Crippen LogP contribution in [0.5, 0.6) is 11.5 Å². The summed E-state index contributed by atoms with van der Waals surface area (Å²) in [6.45, 7) is 12.2. The lowest BCUT2D eigenvalue weighted by molar-refractivity contribution is -0.117. The average molecular weight is 472 g/mol. The first-order valence-corrected chi connectivity index (χ1v) is 11.7. The number of ether oxygens (including phenoxy) is 3. The summed E-state index contributed by atoms with van der Waals surface area (Å²) >= 11 is 0. The van der Waals surface area contributed by atoms with E-state index in [9.17, 15) is 9.18 Å². The third kappa shape index (κ3) is 6.95. The summed E-state index contributed by atoms with van der Waals surface area (Å²) in [7, 11) is 0. The van der Waals surface area contributed by atoms with Gasteiger partial charge in [0.25, 0.3) is 0 Å². The van der Waals surface area contributed by atoms with Gasteiger partial charge in [0.2, 0.25) is 5.91 Å². The van der Waals surface area contributed by atoms with Crippen LogP contribution in [0, 0.1) is 5.82 Å². The second-order valence-electron chi connectivity index (χ2n) is 7.88. The van der Waals surface area contributed by atoms with E-state index in [1.807, 2.05) is 30.9 Å². The lowest BCUT2D eigenvalue weighted by Crippen LogP contribution is -2.36. The smallest absolute Gasteiger partial charge is 0.238 e. The number of rotatable bonds is 12. The molecule has 0 unspecified atom stereocenters. The number of nitrogens with one attached hydrogen (secondary N) is 1. The molecule has 0 aliphatic carbocycles. The van der Waals surface area contributed by atoms with Crippen molar-refractivity contribution < 1.29 is 23.4 Å². The molecule has 8 heteroatoms. The lowest BCUT2D eigenvalue weighted by Gasteiger charge is -2.31. The molecule has 3 rings (SSSR count). The van der Waals surface area contributed by atoms with Gasteiger partial charge >= 0.3 is 0 Å². The fraction of sp³-hybridized carbons (Fsp3) is 0.423. The van der Waals surface area contributed by atoms with Crippen molar-refractivity contribution in [2.45, 2.75) is 20.4 Å². The van der Waals surface area contributed by atoms with Gasteiger partial charge < -0.3 is 24.4 Å². The SMILES string of the molecule is C=CCN(CC(=O)Nc1cc(OCC)c(N2CCOCC2)cc1OCC)Cc1ccccc1F. The molecule has 0 atom stereocenters. The molecule has 2 aromatic carbocycles. The minimum atomic E-state index is -0.296. The fourth-order valence-electron chi connectivity index (χ4n) is 3.87. The Morgan fingerprint density at radius 3 is 2.56 bits per heavy atom. The van der Waals surface area contributed by atoms with Crippen LogP contribution in [0.15, 0.2) is 49.1 Å². The molecule has 1 N–H and O–H groups in total. The standard InChI is InChI=1S/C26H34FN3O4/c1-4-11-29(18-20-9-7-8-10-21(20)27)19-26(31)28-22-16-25(34-6-3)23(17-24(22)33-5-2)30-12-14-32-15-13-30/h4,7-10,16-17H,1,5-6,11-15,18-19H2,2-3H3,(H,28,31). The number of carbonyl (C=O) groups is 1. The van der Waals surface area contributed by atoms with Crippen LogP contribution in [0.25, 0.3) is 0 Å². The molecule has 0 radical (unpaired) electrons. The van der Waals surface area contributed by atoms with Gasteiger partial charge in [-0.25, -0.2) is 4.39 Å². The maximum absolute atomic E-state index is 14.1. The van der Waals surface area contributed by atoms with Gasteiger partial charge in [-0.2, -0.15) is 0 Å². The fourth-order valence-corrected chi connectivity index (χ4v) is 3.87. The van der Waals surface area contributed by atoms with Gasteiger partial charge in [0.15, 0.2) is 0 Å². The van der Waals surface area contributed by atoms with Gasteiger partial charge in [-0.3, -0.25) is 9.69 Å². The van der Waals surface area contributed by atoms with Crippen LogP contribution in [0.3, 0.4) is 0 Å². The lowest BCUT2D eigenvalue weighted by atomic mass is 10.2. The largest absolute Gasteiger partial charge is 0.492 e. The third-order valence-electron chi connectivity index (χ3n) is 5.39. The molecule has 1 saturated heterocycles. The van der Waals surface area contributed by atoms with Gasteiger partial charge in [0, 0.05) is 43.9 Å². The molecule has 184 valence electrons. The summed E-state index contributed by atoms with van der Waals surface area (Å²) in [5.74, 6) is 0.721. The Hall–Kier alpha value is -3.10. The highest BCUT2D eigenvalue weighted by Gasteiger charge is 2.21. The summed E-state index contributed by atoms with van der Waals surface area (Å²) < 4.78 is 31.4. The molecule has 1 heterocycles. The molecule has 34 heavy (non-hydrogen) atoms. The van der Waals surface area contributed by atoms with Gasteiger partial charge in [-0.05, 0) is 19.9 Å². The zero-order chi connectivity index (χ0) is 24.3. The molecule has 1 fully saturated rings. The summed E-state index contributed by atoms with van der Waals surface area (Å²) in [5, 5.41) is 2.96. The van der Waals surface area contributed by atoms with E-state index in [4.69, 9.17) is 14.2 Å². The van der Waals surface area contributed by atoms with Crippen LogP contribution < -0.4 is 19.7 Å². The monoisotopic (exact) mass is 471 g/mol. The summed E-state index contributed by atoms with van der Waals surface area (Å²) in [6.07, 6.45) is 1.70. The molecule has 0 bridgehead atoms. The topological polar surface area (TPSA) is 63.3 Å². The number of benzene rings is 2. The van der Waals surface area contributed by atoms with E-state index in [1.54, 1.807) is 24.3 Å². The van der Waals surface area contributed by atoms with E-state index < -0.39 is 0 Å². The highest BCUT2D eigenvalue weighted by Crippen LogP contribution is 2.39.